The Morgan fingerprint density at radius 1 is 0.376 bits per heavy atom. The lowest BCUT2D eigenvalue weighted by Crippen LogP contribution is -2.37. The first-order valence-corrected chi connectivity index (χ1v) is 32.3. The summed E-state index contributed by atoms with van der Waals surface area (Å²) in [4.78, 5) is 0. The first-order valence-electron chi connectivity index (χ1n) is 30.7. The van der Waals surface area contributed by atoms with Crippen LogP contribution in [0.5, 0.6) is 0 Å². The summed E-state index contributed by atoms with van der Waals surface area (Å²) < 4.78 is 9.54. The van der Waals surface area contributed by atoms with E-state index < -0.39 is 0 Å². The molecule has 3 nitrogen and oxygen atoms in total. The molecule has 0 bridgehead atoms. The summed E-state index contributed by atoms with van der Waals surface area (Å²) in [6.45, 7) is 26.9. The maximum Gasteiger partial charge on any atom is 0.214 e. The Labute approximate surface area is 521 Å². The van der Waals surface area contributed by atoms with E-state index in [0.717, 1.165) is 41.3 Å². The fourth-order valence-corrected chi connectivity index (χ4v) is 16.0. The normalized spacial score (nSPS) is 17.6. The molecule has 0 amide bonds. The van der Waals surface area contributed by atoms with Gasteiger partial charge in [-0.1, -0.05) is 204 Å². The monoisotopic (exact) mass is 1240 g/mol. The van der Waals surface area contributed by atoms with Gasteiger partial charge in [-0.3, -0.25) is 0 Å². The van der Waals surface area contributed by atoms with Crippen LogP contribution in [0.1, 0.15) is 155 Å². The van der Waals surface area contributed by atoms with Gasteiger partial charge in [-0.2, -0.15) is 13.7 Å². The van der Waals surface area contributed by atoms with Crippen molar-refractivity contribution >= 4 is 31.9 Å². The highest BCUT2D eigenvalue weighted by Crippen LogP contribution is 2.55. The molecule has 5 heteroatoms. The Balaban J connectivity index is 0.914. The van der Waals surface area contributed by atoms with Crippen molar-refractivity contribution in [1.82, 2.24) is 0 Å². The summed E-state index contributed by atoms with van der Waals surface area (Å²) in [5, 5.41) is 0. The van der Waals surface area contributed by atoms with Gasteiger partial charge in [0.1, 0.15) is 0 Å². The number of fused-ring (bicyclic) bond motifs is 9. The van der Waals surface area contributed by atoms with Gasteiger partial charge in [0.15, 0.2) is 31.7 Å². The quantitative estimate of drug-likeness (QED) is 0.106. The van der Waals surface area contributed by atoms with Gasteiger partial charge in [0.05, 0.1) is 16.7 Å². The van der Waals surface area contributed by atoms with Crippen molar-refractivity contribution in [3.8, 4) is 78.3 Å². The molecule has 7 aromatic carbocycles. The zero-order valence-corrected chi connectivity index (χ0v) is 53.9. The second kappa shape index (κ2) is 21.0. The molecule has 10 aromatic rings. The second-order valence-electron chi connectivity index (χ2n) is 27.9. The molecule has 3 aliphatic heterocycles. The predicted octanol–water partition coefficient (Wildman–Crippen LogP) is 20.3. The third-order valence-electron chi connectivity index (χ3n) is 19.4. The van der Waals surface area contributed by atoms with Gasteiger partial charge in [-0.25, -0.2) is 0 Å². The summed E-state index contributed by atoms with van der Waals surface area (Å²) >= 11 is 8.47. The average molecular weight is 1240 g/mol. The van der Waals surface area contributed by atoms with E-state index in [4.69, 9.17) is 0 Å². The average Bonchev–Trinajstić information content (AvgIpc) is 4.07. The van der Waals surface area contributed by atoms with E-state index in [2.05, 4.69) is 315 Å². The van der Waals surface area contributed by atoms with Crippen molar-refractivity contribution in [2.24, 2.45) is 0 Å². The number of benzene rings is 7. The molecule has 422 valence electrons. The minimum absolute atomic E-state index is 0.0306. The van der Waals surface area contributed by atoms with Gasteiger partial charge in [0, 0.05) is 62.0 Å². The summed E-state index contributed by atoms with van der Waals surface area (Å²) in [6.07, 6.45) is 12.1. The molecule has 4 unspecified atom stereocenters. The SMILES string of the molecule is C=CC1c2cc(-c3ccccc3C3CC(c4ccccc4-c4cc5c(cc4Br)-c4cc(C(C)(C)C)cc[n+]4C5)CC(c4ccccc4-c4cc5c(cc4-c4ccccc4)-c4cc(C(C)(C)C)cc[n+]4C5)C3)c(Br)cc2-c2cc(C(C)(C)C)cc[n+]21. The van der Waals surface area contributed by atoms with E-state index in [1.807, 2.05) is 0 Å². The van der Waals surface area contributed by atoms with E-state index in [9.17, 15) is 0 Å². The molecule has 85 heavy (non-hydrogen) atoms. The first kappa shape index (κ1) is 55.6. The minimum atomic E-state index is 0.0306. The molecule has 4 atom stereocenters. The van der Waals surface area contributed by atoms with Crippen LogP contribution >= 0.6 is 31.9 Å². The summed E-state index contributed by atoms with van der Waals surface area (Å²) in [7, 11) is 0. The van der Waals surface area contributed by atoms with Gasteiger partial charge in [-0.15, -0.1) is 0 Å². The zero-order valence-electron chi connectivity index (χ0n) is 50.7. The largest absolute Gasteiger partial charge is 0.214 e. The van der Waals surface area contributed by atoms with Crippen LogP contribution in [0.15, 0.2) is 216 Å². The molecule has 6 heterocycles. The smallest absolute Gasteiger partial charge is 0.194 e. The van der Waals surface area contributed by atoms with Crippen LogP contribution in [0.2, 0.25) is 0 Å². The Kier molecular flexibility index (Phi) is 13.7. The van der Waals surface area contributed by atoms with E-state index in [-0.39, 0.29) is 40.0 Å². The maximum atomic E-state index is 4.42. The molecule has 0 spiro atoms. The molecule has 0 saturated heterocycles. The number of hydrogen-bond donors (Lipinski definition) is 0. The first-order chi connectivity index (χ1) is 40.8. The second-order valence-corrected chi connectivity index (χ2v) is 29.6. The molecule has 0 radical (unpaired) electrons. The van der Waals surface area contributed by atoms with Crippen molar-refractivity contribution in [3.63, 3.8) is 0 Å². The van der Waals surface area contributed by atoms with Crippen molar-refractivity contribution < 1.29 is 13.7 Å². The van der Waals surface area contributed by atoms with Crippen molar-refractivity contribution in [3.05, 3.63) is 266 Å². The third kappa shape index (κ3) is 9.82. The van der Waals surface area contributed by atoms with Crippen LogP contribution in [0, 0.1) is 0 Å². The van der Waals surface area contributed by atoms with Crippen LogP contribution in [-0.2, 0) is 29.3 Å². The van der Waals surface area contributed by atoms with Crippen LogP contribution in [-0.4, -0.2) is 0 Å². The van der Waals surface area contributed by atoms with Gasteiger partial charge >= 0.3 is 0 Å². The molecule has 1 aliphatic carbocycles. The third-order valence-corrected chi connectivity index (χ3v) is 20.8. The number of rotatable bonds is 8. The van der Waals surface area contributed by atoms with Gasteiger partial charge in [-0.05, 0) is 174 Å². The molecule has 1 saturated carbocycles. The molecular formula is C80H76Br2N3+3. The Hall–Kier alpha value is -7.31. The van der Waals surface area contributed by atoms with E-state index in [0.29, 0.717) is 0 Å². The van der Waals surface area contributed by atoms with Crippen molar-refractivity contribution in [1.29, 1.82) is 0 Å². The topological polar surface area (TPSA) is 11.6 Å². The zero-order chi connectivity index (χ0) is 58.8. The number of halogens is 2. The number of allylic oxidation sites excluding steroid dienone is 1. The lowest BCUT2D eigenvalue weighted by molar-refractivity contribution is -0.687. The molecule has 14 rings (SSSR count). The van der Waals surface area contributed by atoms with Crippen LogP contribution in [0.3, 0.4) is 0 Å². The lowest BCUT2D eigenvalue weighted by Gasteiger charge is -2.38. The number of aromatic nitrogens is 3. The van der Waals surface area contributed by atoms with Gasteiger partial charge < -0.3 is 0 Å². The van der Waals surface area contributed by atoms with E-state index in [1.165, 1.54) is 128 Å². The van der Waals surface area contributed by atoms with Crippen molar-refractivity contribution in [2.45, 2.75) is 135 Å². The molecule has 3 aromatic heterocycles. The number of nitrogens with zero attached hydrogens (tertiary/aromatic N) is 3. The lowest BCUT2D eigenvalue weighted by atomic mass is 9.66. The van der Waals surface area contributed by atoms with E-state index >= 15 is 0 Å². The predicted molar refractivity (Wildman–Crippen MR) is 358 cm³/mol. The highest BCUT2D eigenvalue weighted by atomic mass is 79.9. The highest BCUT2D eigenvalue weighted by Gasteiger charge is 2.40. The van der Waals surface area contributed by atoms with Crippen LogP contribution in [0.25, 0.3) is 78.3 Å². The number of hydrogen-bond acceptors (Lipinski definition) is 0. The summed E-state index contributed by atoms with van der Waals surface area (Å²) in [5.41, 5.74) is 30.6. The van der Waals surface area contributed by atoms with Crippen molar-refractivity contribution in [2.75, 3.05) is 0 Å². The summed E-state index contributed by atoms with van der Waals surface area (Å²) in [6, 6.07) is 68.4. The Morgan fingerprint density at radius 2 is 0.788 bits per heavy atom. The highest BCUT2D eigenvalue weighted by molar-refractivity contribution is 9.11. The van der Waals surface area contributed by atoms with Gasteiger partial charge in [0.25, 0.3) is 0 Å². The van der Waals surface area contributed by atoms with E-state index in [1.54, 1.807) is 0 Å². The Morgan fingerprint density at radius 3 is 1.28 bits per heavy atom. The number of pyridine rings is 3. The standard InChI is InChI=1S/C80H76Br2N3/c1-11-74-70-44-69(73(82)46-71(70)77-42-57(80(8,9)10)31-34-85(74)77)63-28-20-17-25-60(63)52-36-50(35-51(37-52)59-24-16-19-27-62(59)68-39-54-48-84-33-30-56(79(5,6)7)41-76(84)66(54)45-72(68)81)58-23-15-18-26-61(58)67-38-53-47-83-32-29-55(78(2,3)4)40-75(83)65(53)43-64(67)49-21-13-12-14-22-49/h11-34,38-46,50-52,74H,1,35-37,47-48H2,2-10H3/q+3. The Bertz CT molecular complexity index is 4360. The fraction of sp³-hybridized carbons (Fsp3) is 0.263. The molecule has 4 aliphatic rings. The molecule has 1 fully saturated rings. The van der Waals surface area contributed by atoms with Gasteiger partial charge in [0.2, 0.25) is 23.1 Å². The summed E-state index contributed by atoms with van der Waals surface area (Å²) in [5.74, 6) is 0.761. The van der Waals surface area contributed by atoms with Crippen LogP contribution in [0.4, 0.5) is 0 Å². The maximum absolute atomic E-state index is 4.42. The van der Waals surface area contributed by atoms with Crippen LogP contribution < -0.4 is 13.7 Å². The molecular weight excluding hydrogens is 1160 g/mol. The fourth-order valence-electron chi connectivity index (χ4n) is 14.9. The minimum Gasteiger partial charge on any atom is -0.194 e. The molecule has 0 N–H and O–H groups in total.